The number of likely N-dealkylation sites (N-methyl/N-ethyl adjacent to an activating group) is 1. The highest BCUT2D eigenvalue weighted by Crippen LogP contribution is 2.44. The van der Waals surface area contributed by atoms with Gasteiger partial charge in [0.15, 0.2) is 0 Å². The van der Waals surface area contributed by atoms with Gasteiger partial charge in [-0.15, -0.1) is 0 Å². The molecule has 3 unspecified atom stereocenters. The fraction of sp³-hybridized carbons (Fsp3) is 0.600. The van der Waals surface area contributed by atoms with Gasteiger partial charge in [0.2, 0.25) is 0 Å². The standard InChI is InChI=1S/C15H21NO/c1-16-13-7-8-15(16,11-14(17)9-13)10-12-5-3-2-4-6-12/h2-6,13-14,17H,7-11H2,1H3. The first kappa shape index (κ1) is 11.2. The molecule has 1 aromatic carbocycles. The summed E-state index contributed by atoms with van der Waals surface area (Å²) in [6.07, 6.45) is 5.38. The first-order valence-electron chi connectivity index (χ1n) is 6.65. The van der Waals surface area contributed by atoms with Crippen molar-refractivity contribution < 1.29 is 5.11 Å². The lowest BCUT2D eigenvalue weighted by atomic mass is 9.82. The fourth-order valence-corrected chi connectivity index (χ4v) is 3.81. The molecular weight excluding hydrogens is 210 g/mol. The molecular formula is C15H21NO. The molecule has 2 saturated heterocycles. The van der Waals surface area contributed by atoms with E-state index < -0.39 is 0 Å². The van der Waals surface area contributed by atoms with Crippen LogP contribution in [-0.4, -0.2) is 34.7 Å². The van der Waals surface area contributed by atoms with Gasteiger partial charge in [0, 0.05) is 11.6 Å². The van der Waals surface area contributed by atoms with E-state index in [2.05, 4.69) is 42.3 Å². The molecule has 2 aliphatic heterocycles. The Balaban J connectivity index is 1.85. The van der Waals surface area contributed by atoms with Crippen LogP contribution in [0.3, 0.4) is 0 Å². The molecule has 3 rings (SSSR count). The second-order valence-electron chi connectivity index (χ2n) is 5.78. The number of piperidine rings is 1. The predicted molar refractivity (Wildman–Crippen MR) is 68.9 cm³/mol. The third-order valence-corrected chi connectivity index (χ3v) is 4.77. The van der Waals surface area contributed by atoms with E-state index in [1.807, 2.05) is 0 Å². The maximum atomic E-state index is 10.0. The van der Waals surface area contributed by atoms with Crippen molar-refractivity contribution in [3.05, 3.63) is 35.9 Å². The Labute approximate surface area is 103 Å². The summed E-state index contributed by atoms with van der Waals surface area (Å²) in [6, 6.07) is 11.3. The minimum Gasteiger partial charge on any atom is -0.393 e. The van der Waals surface area contributed by atoms with Crippen molar-refractivity contribution in [2.24, 2.45) is 0 Å². The Hall–Kier alpha value is -0.860. The highest BCUT2D eigenvalue weighted by Gasteiger charge is 2.49. The van der Waals surface area contributed by atoms with E-state index in [1.54, 1.807) is 0 Å². The maximum absolute atomic E-state index is 10.0. The average molecular weight is 231 g/mol. The summed E-state index contributed by atoms with van der Waals surface area (Å²) >= 11 is 0. The van der Waals surface area contributed by atoms with Crippen LogP contribution < -0.4 is 0 Å². The number of fused-ring (bicyclic) bond motifs is 2. The molecule has 2 fully saturated rings. The van der Waals surface area contributed by atoms with Crippen molar-refractivity contribution in [3.8, 4) is 0 Å². The average Bonchev–Trinajstić information content (AvgIpc) is 2.51. The molecule has 3 atom stereocenters. The molecule has 0 spiro atoms. The number of nitrogens with zero attached hydrogens (tertiary/aromatic N) is 1. The van der Waals surface area contributed by atoms with Crippen molar-refractivity contribution in [1.82, 2.24) is 4.90 Å². The third-order valence-electron chi connectivity index (χ3n) is 4.77. The zero-order chi connectivity index (χ0) is 11.9. The van der Waals surface area contributed by atoms with E-state index in [0.29, 0.717) is 6.04 Å². The Bertz CT molecular complexity index is 391. The van der Waals surface area contributed by atoms with E-state index in [-0.39, 0.29) is 11.6 Å². The monoisotopic (exact) mass is 231 g/mol. The van der Waals surface area contributed by atoms with Crippen molar-refractivity contribution in [2.45, 2.75) is 49.8 Å². The van der Waals surface area contributed by atoms with E-state index in [1.165, 1.54) is 18.4 Å². The summed E-state index contributed by atoms with van der Waals surface area (Å²) in [6.45, 7) is 0. The largest absolute Gasteiger partial charge is 0.393 e. The Morgan fingerprint density at radius 2 is 2.12 bits per heavy atom. The summed E-state index contributed by atoms with van der Waals surface area (Å²) in [5.41, 5.74) is 1.61. The number of aliphatic hydroxyl groups excluding tert-OH is 1. The normalized spacial score (nSPS) is 37.3. The number of benzene rings is 1. The van der Waals surface area contributed by atoms with Gasteiger partial charge in [0.25, 0.3) is 0 Å². The molecule has 1 aromatic rings. The van der Waals surface area contributed by atoms with Gasteiger partial charge in [-0.1, -0.05) is 30.3 Å². The highest BCUT2D eigenvalue weighted by atomic mass is 16.3. The van der Waals surface area contributed by atoms with Crippen LogP contribution in [0.4, 0.5) is 0 Å². The summed E-state index contributed by atoms with van der Waals surface area (Å²) in [7, 11) is 2.24. The van der Waals surface area contributed by atoms with Crippen molar-refractivity contribution >= 4 is 0 Å². The van der Waals surface area contributed by atoms with Gasteiger partial charge in [-0.2, -0.15) is 0 Å². The van der Waals surface area contributed by atoms with Crippen molar-refractivity contribution in [3.63, 3.8) is 0 Å². The lowest BCUT2D eigenvalue weighted by Gasteiger charge is -2.45. The second-order valence-corrected chi connectivity index (χ2v) is 5.78. The third kappa shape index (κ3) is 1.90. The van der Waals surface area contributed by atoms with Gasteiger partial charge in [-0.05, 0) is 44.7 Å². The lowest BCUT2D eigenvalue weighted by Crippen LogP contribution is -2.53. The Morgan fingerprint density at radius 1 is 1.35 bits per heavy atom. The zero-order valence-electron chi connectivity index (χ0n) is 10.5. The van der Waals surface area contributed by atoms with Gasteiger partial charge >= 0.3 is 0 Å². The fourth-order valence-electron chi connectivity index (χ4n) is 3.81. The van der Waals surface area contributed by atoms with Gasteiger partial charge in [-0.25, -0.2) is 0 Å². The molecule has 1 N–H and O–H groups in total. The first-order chi connectivity index (χ1) is 8.20. The van der Waals surface area contributed by atoms with Crippen LogP contribution in [0.2, 0.25) is 0 Å². The minimum atomic E-state index is -0.0950. The summed E-state index contributed by atoms with van der Waals surface area (Å²) in [5, 5.41) is 10.0. The van der Waals surface area contributed by atoms with E-state index in [4.69, 9.17) is 0 Å². The van der Waals surface area contributed by atoms with Crippen LogP contribution in [-0.2, 0) is 6.42 Å². The molecule has 92 valence electrons. The summed E-state index contributed by atoms with van der Waals surface area (Å²) in [4.78, 5) is 2.53. The van der Waals surface area contributed by atoms with Gasteiger partial charge < -0.3 is 5.11 Å². The lowest BCUT2D eigenvalue weighted by molar-refractivity contribution is -0.00341. The molecule has 2 nitrogen and oxygen atoms in total. The van der Waals surface area contributed by atoms with Crippen LogP contribution in [0, 0.1) is 0 Å². The van der Waals surface area contributed by atoms with E-state index >= 15 is 0 Å². The van der Waals surface area contributed by atoms with Gasteiger partial charge in [0.1, 0.15) is 0 Å². The SMILES string of the molecule is CN1C2CCC1(Cc1ccccc1)CC(O)C2. The number of hydrogen-bond donors (Lipinski definition) is 1. The minimum absolute atomic E-state index is 0.0950. The molecule has 0 amide bonds. The van der Waals surface area contributed by atoms with Gasteiger partial charge in [-0.3, -0.25) is 4.90 Å². The van der Waals surface area contributed by atoms with E-state index in [9.17, 15) is 5.11 Å². The molecule has 2 heterocycles. The number of rotatable bonds is 2. The summed E-state index contributed by atoms with van der Waals surface area (Å²) in [5.74, 6) is 0. The van der Waals surface area contributed by atoms with Crippen molar-refractivity contribution in [1.29, 1.82) is 0 Å². The van der Waals surface area contributed by atoms with Crippen LogP contribution in [0.1, 0.15) is 31.2 Å². The molecule has 0 radical (unpaired) electrons. The molecule has 0 aromatic heterocycles. The zero-order valence-corrected chi connectivity index (χ0v) is 10.5. The van der Waals surface area contributed by atoms with E-state index in [0.717, 1.165) is 19.3 Å². The predicted octanol–water partition coefficient (Wildman–Crippen LogP) is 2.22. The molecule has 2 bridgehead atoms. The maximum Gasteiger partial charge on any atom is 0.0572 e. The molecule has 17 heavy (non-hydrogen) atoms. The number of aliphatic hydroxyl groups is 1. The summed E-state index contributed by atoms with van der Waals surface area (Å²) < 4.78 is 0. The Morgan fingerprint density at radius 3 is 2.88 bits per heavy atom. The van der Waals surface area contributed by atoms with Crippen LogP contribution >= 0.6 is 0 Å². The van der Waals surface area contributed by atoms with Gasteiger partial charge in [0.05, 0.1) is 6.10 Å². The molecule has 0 aliphatic carbocycles. The second kappa shape index (κ2) is 4.11. The Kier molecular flexibility index (Phi) is 2.72. The molecule has 2 aliphatic rings. The number of hydrogen-bond acceptors (Lipinski definition) is 2. The molecule has 0 saturated carbocycles. The molecule has 2 heteroatoms. The first-order valence-corrected chi connectivity index (χ1v) is 6.65. The smallest absolute Gasteiger partial charge is 0.0572 e. The van der Waals surface area contributed by atoms with Crippen LogP contribution in [0.15, 0.2) is 30.3 Å². The quantitative estimate of drug-likeness (QED) is 0.843. The van der Waals surface area contributed by atoms with Crippen LogP contribution in [0.5, 0.6) is 0 Å². The highest BCUT2D eigenvalue weighted by molar-refractivity contribution is 5.20. The van der Waals surface area contributed by atoms with Crippen molar-refractivity contribution in [2.75, 3.05) is 7.05 Å². The van der Waals surface area contributed by atoms with Crippen LogP contribution in [0.25, 0.3) is 0 Å². The topological polar surface area (TPSA) is 23.5 Å².